The molecule has 9 nitrogen and oxygen atoms in total. The molecule has 10 heteroatoms. The minimum Gasteiger partial charge on any atom is -0.487 e. The molecule has 1 aliphatic rings. The van der Waals surface area contributed by atoms with E-state index in [4.69, 9.17) is 13.9 Å². The summed E-state index contributed by atoms with van der Waals surface area (Å²) in [5.74, 6) is 0.446. The summed E-state index contributed by atoms with van der Waals surface area (Å²) in [6.07, 6.45) is 1.26. The predicted octanol–water partition coefficient (Wildman–Crippen LogP) is 3.05. The van der Waals surface area contributed by atoms with Crippen LogP contribution >= 0.6 is 11.3 Å². The molecule has 0 spiro atoms. The Bertz CT molecular complexity index is 1050. The van der Waals surface area contributed by atoms with Crippen molar-refractivity contribution >= 4 is 23.3 Å². The maximum atomic E-state index is 12.7. The minimum absolute atomic E-state index is 0.0106. The molecule has 2 aromatic heterocycles. The highest BCUT2D eigenvalue weighted by molar-refractivity contribution is 7.10. The van der Waals surface area contributed by atoms with Gasteiger partial charge in [-0.1, -0.05) is 6.07 Å². The van der Waals surface area contributed by atoms with Crippen LogP contribution < -0.4 is 15.4 Å². The number of carbonyl (C=O) groups excluding carboxylic acids is 2. The predicted molar refractivity (Wildman–Crippen MR) is 108 cm³/mol. The molecule has 0 unspecified atom stereocenters. The molecular weight excluding hydrogens is 408 g/mol. The van der Waals surface area contributed by atoms with E-state index in [-0.39, 0.29) is 13.2 Å². The van der Waals surface area contributed by atoms with E-state index in [1.807, 2.05) is 17.5 Å². The number of esters is 1. The smallest absolute Gasteiger partial charge is 0.338 e. The molecule has 0 saturated heterocycles. The van der Waals surface area contributed by atoms with Gasteiger partial charge in [0, 0.05) is 10.4 Å². The van der Waals surface area contributed by atoms with E-state index in [0.717, 1.165) is 10.4 Å². The van der Waals surface area contributed by atoms with Gasteiger partial charge in [0.05, 0.1) is 23.9 Å². The van der Waals surface area contributed by atoms with Gasteiger partial charge in [0.1, 0.15) is 12.4 Å². The summed E-state index contributed by atoms with van der Waals surface area (Å²) in [5, 5.41) is 14.8. The highest BCUT2D eigenvalue weighted by atomic mass is 32.1. The Morgan fingerprint density at radius 2 is 2.10 bits per heavy atom. The number of nitrogens with one attached hydrogen (secondary N) is 2. The largest absolute Gasteiger partial charge is 0.487 e. The average Bonchev–Trinajstić information content (AvgIpc) is 3.46. The SMILES string of the molecule is CCOC(=O)C1=C(COc2ccc(-c3nnco3)cc2)NC(=O)N[C@@H]1c1cccs1. The van der Waals surface area contributed by atoms with Crippen LogP contribution in [0.5, 0.6) is 5.75 Å². The first-order valence-electron chi connectivity index (χ1n) is 9.16. The second-order valence-electron chi connectivity index (χ2n) is 6.22. The van der Waals surface area contributed by atoms with E-state index in [2.05, 4.69) is 20.8 Å². The van der Waals surface area contributed by atoms with Crippen LogP contribution in [0.1, 0.15) is 17.8 Å². The van der Waals surface area contributed by atoms with Crippen LogP contribution in [0.25, 0.3) is 11.5 Å². The lowest BCUT2D eigenvalue weighted by Gasteiger charge is -2.28. The van der Waals surface area contributed by atoms with Crippen LogP contribution in [0.3, 0.4) is 0 Å². The van der Waals surface area contributed by atoms with Crippen molar-refractivity contribution in [3.05, 3.63) is 64.3 Å². The normalized spacial score (nSPS) is 16.0. The van der Waals surface area contributed by atoms with Crippen LogP contribution in [0.15, 0.2) is 63.9 Å². The number of aromatic nitrogens is 2. The molecule has 0 aliphatic carbocycles. The summed E-state index contributed by atoms with van der Waals surface area (Å²) >= 11 is 1.44. The maximum Gasteiger partial charge on any atom is 0.338 e. The van der Waals surface area contributed by atoms with Crippen molar-refractivity contribution in [2.45, 2.75) is 13.0 Å². The van der Waals surface area contributed by atoms with Crippen molar-refractivity contribution in [3.8, 4) is 17.2 Å². The van der Waals surface area contributed by atoms with E-state index in [9.17, 15) is 9.59 Å². The van der Waals surface area contributed by atoms with Crippen molar-refractivity contribution in [2.24, 2.45) is 0 Å². The van der Waals surface area contributed by atoms with Gasteiger partial charge in [-0.3, -0.25) is 0 Å². The lowest BCUT2D eigenvalue weighted by molar-refractivity contribution is -0.139. The molecular formula is C20H18N4O5S. The fourth-order valence-electron chi connectivity index (χ4n) is 3.00. The van der Waals surface area contributed by atoms with Crippen molar-refractivity contribution in [1.29, 1.82) is 0 Å². The maximum absolute atomic E-state index is 12.7. The number of hydrogen-bond donors (Lipinski definition) is 2. The monoisotopic (exact) mass is 426 g/mol. The summed E-state index contributed by atoms with van der Waals surface area (Å²) in [7, 11) is 0. The van der Waals surface area contributed by atoms with Crippen LogP contribution in [-0.4, -0.2) is 35.4 Å². The molecule has 4 rings (SSSR count). The van der Waals surface area contributed by atoms with Gasteiger partial charge in [-0.15, -0.1) is 21.5 Å². The van der Waals surface area contributed by atoms with Gasteiger partial charge >= 0.3 is 12.0 Å². The first-order valence-corrected chi connectivity index (χ1v) is 10.0. The molecule has 2 amide bonds. The second-order valence-corrected chi connectivity index (χ2v) is 7.20. The number of urea groups is 1. The molecule has 3 aromatic rings. The quantitative estimate of drug-likeness (QED) is 0.558. The molecule has 1 atom stereocenters. The van der Waals surface area contributed by atoms with Gasteiger partial charge < -0.3 is 24.5 Å². The van der Waals surface area contributed by atoms with Crippen LogP contribution in [0, 0.1) is 0 Å². The highest BCUT2D eigenvalue weighted by Gasteiger charge is 2.34. The Morgan fingerprint density at radius 3 is 2.77 bits per heavy atom. The van der Waals surface area contributed by atoms with Gasteiger partial charge in [-0.25, -0.2) is 9.59 Å². The first kappa shape index (κ1) is 19.6. The van der Waals surface area contributed by atoms with Crippen LogP contribution in [0.4, 0.5) is 4.79 Å². The molecule has 30 heavy (non-hydrogen) atoms. The Labute approximate surface area is 175 Å². The summed E-state index contributed by atoms with van der Waals surface area (Å²) in [5.41, 5.74) is 1.43. The fourth-order valence-corrected chi connectivity index (χ4v) is 3.78. The number of rotatable bonds is 7. The fraction of sp³-hybridized carbons (Fsp3) is 0.200. The number of carbonyl (C=O) groups is 2. The summed E-state index contributed by atoms with van der Waals surface area (Å²) in [6.45, 7) is 1.94. The Morgan fingerprint density at radius 1 is 1.27 bits per heavy atom. The highest BCUT2D eigenvalue weighted by Crippen LogP contribution is 2.31. The zero-order valence-electron chi connectivity index (χ0n) is 16.0. The van der Waals surface area contributed by atoms with Crippen molar-refractivity contribution in [1.82, 2.24) is 20.8 Å². The van der Waals surface area contributed by atoms with Crippen molar-refractivity contribution in [2.75, 3.05) is 13.2 Å². The Kier molecular flexibility index (Phi) is 5.75. The Hall–Kier alpha value is -3.66. The molecule has 2 N–H and O–H groups in total. The zero-order chi connectivity index (χ0) is 20.9. The standard InChI is InChI=1S/C20H18N4O5S/c1-2-27-19(25)16-14(22-20(26)23-17(16)15-4-3-9-30-15)10-28-13-7-5-12(6-8-13)18-24-21-11-29-18/h3-9,11,17H,2,10H2,1H3,(H2,22,23,26)/t17-/m1/s1. The summed E-state index contributed by atoms with van der Waals surface area (Å²) in [4.78, 5) is 25.7. The first-order chi connectivity index (χ1) is 14.7. The number of amides is 2. The number of thiophene rings is 1. The molecule has 0 radical (unpaired) electrons. The van der Waals surface area contributed by atoms with E-state index in [0.29, 0.717) is 22.9 Å². The lowest BCUT2D eigenvalue weighted by atomic mass is 10.0. The summed E-state index contributed by atoms with van der Waals surface area (Å²) < 4.78 is 16.2. The van der Waals surface area contributed by atoms with Crippen LogP contribution in [0.2, 0.25) is 0 Å². The minimum atomic E-state index is -0.601. The lowest BCUT2D eigenvalue weighted by Crippen LogP contribution is -2.47. The molecule has 1 aliphatic heterocycles. The van der Waals surface area contributed by atoms with E-state index in [1.54, 1.807) is 31.2 Å². The third-order valence-electron chi connectivity index (χ3n) is 4.32. The van der Waals surface area contributed by atoms with Crippen LogP contribution in [-0.2, 0) is 9.53 Å². The van der Waals surface area contributed by atoms with Gasteiger partial charge in [-0.2, -0.15) is 0 Å². The topological polar surface area (TPSA) is 116 Å². The van der Waals surface area contributed by atoms with E-state index < -0.39 is 18.0 Å². The number of benzene rings is 1. The van der Waals surface area contributed by atoms with Gasteiger partial charge in [0.25, 0.3) is 0 Å². The zero-order valence-corrected chi connectivity index (χ0v) is 16.8. The van der Waals surface area contributed by atoms with Gasteiger partial charge in [-0.05, 0) is 42.6 Å². The molecule has 154 valence electrons. The molecule has 0 fully saturated rings. The number of ether oxygens (including phenoxy) is 2. The number of hydrogen-bond acceptors (Lipinski definition) is 8. The summed E-state index contributed by atoms with van der Waals surface area (Å²) in [6, 6.07) is 9.74. The Balaban J connectivity index is 1.58. The molecule has 0 bridgehead atoms. The van der Waals surface area contributed by atoms with E-state index in [1.165, 1.54) is 17.7 Å². The van der Waals surface area contributed by atoms with Gasteiger partial charge in [0.2, 0.25) is 12.3 Å². The molecule has 1 aromatic carbocycles. The van der Waals surface area contributed by atoms with E-state index >= 15 is 0 Å². The van der Waals surface area contributed by atoms with Crippen molar-refractivity contribution in [3.63, 3.8) is 0 Å². The number of nitrogens with zero attached hydrogens (tertiary/aromatic N) is 2. The average molecular weight is 426 g/mol. The van der Waals surface area contributed by atoms with Crippen molar-refractivity contribution < 1.29 is 23.5 Å². The third-order valence-corrected chi connectivity index (χ3v) is 5.26. The third kappa shape index (κ3) is 4.18. The van der Waals surface area contributed by atoms with Gasteiger partial charge in [0.15, 0.2) is 0 Å². The second kappa shape index (κ2) is 8.78. The molecule has 3 heterocycles. The molecule has 0 saturated carbocycles.